The van der Waals surface area contributed by atoms with E-state index in [1.807, 2.05) is 35.9 Å². The summed E-state index contributed by atoms with van der Waals surface area (Å²) in [6.07, 6.45) is 5.50. The summed E-state index contributed by atoms with van der Waals surface area (Å²) in [4.78, 5) is 0. The monoisotopic (exact) mass is 353 g/mol. The van der Waals surface area contributed by atoms with E-state index in [4.69, 9.17) is 5.73 Å². The van der Waals surface area contributed by atoms with Crippen molar-refractivity contribution in [1.82, 2.24) is 8.25 Å². The lowest BCUT2D eigenvalue weighted by molar-refractivity contribution is 0.594. The zero-order chi connectivity index (χ0) is 12.0. The lowest BCUT2D eigenvalue weighted by Crippen LogP contribution is -2.32. The van der Waals surface area contributed by atoms with Crippen LogP contribution in [0.4, 0.5) is 0 Å². The second-order valence-electron chi connectivity index (χ2n) is 4.07. The zero-order valence-electron chi connectivity index (χ0n) is 8.62. The van der Waals surface area contributed by atoms with Gasteiger partial charge in [-0.2, -0.15) is 0 Å². The number of hydrogen-bond donors (Lipinski definition) is 3. The van der Waals surface area contributed by atoms with E-state index in [1.54, 1.807) is 12.2 Å². The number of nitrogens with two attached hydrogens (primary N) is 1. The molecule has 5 nitrogen and oxygen atoms in total. The van der Waals surface area contributed by atoms with Crippen LogP contribution < -0.4 is 14.0 Å². The molecule has 0 bridgehead atoms. The number of sulfonamides is 1. The number of halogens is 1. The zero-order valence-corrected chi connectivity index (χ0v) is 11.6. The van der Waals surface area contributed by atoms with Crippen LogP contribution in [0.3, 0.4) is 0 Å². The molecule has 0 amide bonds. The highest BCUT2D eigenvalue weighted by atomic mass is 127. The molecule has 2 rings (SSSR count). The Balaban J connectivity index is 2.45. The van der Waals surface area contributed by atoms with E-state index < -0.39 is 10.0 Å². The van der Waals surface area contributed by atoms with Gasteiger partial charge in [-0.3, -0.25) is 4.72 Å². The molecule has 4 N–H and O–H groups in total. The Labute approximate surface area is 108 Å². The fourth-order valence-corrected chi connectivity index (χ4v) is 3.30. The lowest BCUT2D eigenvalue weighted by atomic mass is 10.0. The summed E-state index contributed by atoms with van der Waals surface area (Å²) in [5.74, 6) is -0.00923. The van der Waals surface area contributed by atoms with Crippen LogP contribution in [0.15, 0.2) is 35.2 Å². The summed E-state index contributed by atoms with van der Waals surface area (Å²) < 4.78 is 28.3. The molecule has 1 heterocycles. The minimum absolute atomic E-state index is 0.00923. The predicted octanol–water partition coefficient (Wildman–Crippen LogP) is 0.284. The second kappa shape index (κ2) is 3.74. The Hall–Kier alpha value is -0.540. The molecule has 0 aromatic heterocycles. The van der Waals surface area contributed by atoms with Gasteiger partial charge in [0.15, 0.2) is 0 Å². The van der Waals surface area contributed by atoms with Crippen LogP contribution >= 0.6 is 22.9 Å². The summed E-state index contributed by atoms with van der Waals surface area (Å²) in [6.45, 7) is 1.96. The molecule has 0 saturated carbocycles. The molecule has 0 saturated heterocycles. The van der Waals surface area contributed by atoms with E-state index in [1.165, 1.54) is 0 Å². The second-order valence-corrected chi connectivity index (χ2v) is 6.33. The van der Waals surface area contributed by atoms with Crippen molar-refractivity contribution >= 4 is 32.9 Å². The fraction of sp³-hybridized carbons (Fsp3) is 0.333. The van der Waals surface area contributed by atoms with Crippen LogP contribution in [-0.4, -0.2) is 19.7 Å². The van der Waals surface area contributed by atoms with Crippen molar-refractivity contribution in [3.63, 3.8) is 0 Å². The highest BCUT2D eigenvalue weighted by Gasteiger charge is 2.30. The minimum atomic E-state index is -3.24. The Morgan fingerprint density at radius 3 is 2.94 bits per heavy atom. The minimum Gasteiger partial charge on any atom is -0.397 e. The van der Waals surface area contributed by atoms with Gasteiger partial charge in [0.25, 0.3) is 0 Å². The Bertz CT molecular complexity index is 521. The van der Waals surface area contributed by atoms with E-state index in [0.717, 1.165) is 0 Å². The highest BCUT2D eigenvalue weighted by molar-refractivity contribution is 14.1. The van der Waals surface area contributed by atoms with Crippen LogP contribution in [0.2, 0.25) is 0 Å². The van der Waals surface area contributed by atoms with Crippen molar-refractivity contribution in [2.24, 2.45) is 5.73 Å². The molecule has 0 radical (unpaired) electrons. The topological polar surface area (TPSA) is 84.2 Å². The molecule has 0 fully saturated rings. The molecule has 2 aliphatic rings. The van der Waals surface area contributed by atoms with Crippen molar-refractivity contribution in [2.45, 2.75) is 12.5 Å². The molecule has 0 aromatic carbocycles. The summed E-state index contributed by atoms with van der Waals surface area (Å²) in [6, 6.07) is 0. The highest BCUT2D eigenvalue weighted by Crippen LogP contribution is 2.26. The van der Waals surface area contributed by atoms with Gasteiger partial charge in [0.2, 0.25) is 10.0 Å². The van der Waals surface area contributed by atoms with Crippen LogP contribution in [0.1, 0.15) is 6.92 Å². The molecule has 1 aliphatic carbocycles. The van der Waals surface area contributed by atoms with Gasteiger partial charge in [0.1, 0.15) is 0 Å². The third-order valence-electron chi connectivity index (χ3n) is 2.50. The van der Waals surface area contributed by atoms with E-state index >= 15 is 0 Å². The van der Waals surface area contributed by atoms with E-state index in [9.17, 15) is 8.42 Å². The van der Waals surface area contributed by atoms with Crippen molar-refractivity contribution in [3.8, 4) is 0 Å². The molecular formula is C9H12IN3O2S. The molecule has 1 aliphatic heterocycles. The van der Waals surface area contributed by atoms with Crippen LogP contribution in [0.5, 0.6) is 0 Å². The quantitative estimate of drug-likeness (QED) is 0.467. The Kier molecular flexibility index (Phi) is 2.79. The third-order valence-corrected chi connectivity index (χ3v) is 4.87. The first-order valence-corrected chi connectivity index (χ1v) is 7.38. The molecule has 16 heavy (non-hydrogen) atoms. The van der Waals surface area contributed by atoms with Gasteiger partial charge in [0, 0.05) is 22.9 Å². The van der Waals surface area contributed by atoms with Gasteiger partial charge < -0.3 is 5.73 Å². The van der Waals surface area contributed by atoms with Crippen LogP contribution in [0.25, 0.3) is 0 Å². The van der Waals surface area contributed by atoms with Crippen molar-refractivity contribution in [3.05, 3.63) is 35.2 Å². The van der Waals surface area contributed by atoms with Gasteiger partial charge in [0.05, 0.1) is 22.7 Å². The first-order chi connectivity index (χ1) is 7.35. The molecule has 1 unspecified atom stereocenters. The van der Waals surface area contributed by atoms with Gasteiger partial charge in [-0.05, 0) is 18.6 Å². The maximum Gasteiger partial charge on any atom is 0.237 e. The van der Waals surface area contributed by atoms with E-state index in [0.29, 0.717) is 17.0 Å². The van der Waals surface area contributed by atoms with Gasteiger partial charge in [-0.25, -0.2) is 11.9 Å². The van der Waals surface area contributed by atoms with Crippen molar-refractivity contribution in [2.75, 3.05) is 5.75 Å². The molecule has 7 heteroatoms. The molecule has 0 spiro atoms. The SMILES string of the molecule is CC1(NI)C=CC2=C(NS(=O)(=O)C2)C(N)=C1. The summed E-state index contributed by atoms with van der Waals surface area (Å²) in [5, 5.41) is 0. The van der Waals surface area contributed by atoms with Crippen LogP contribution in [0, 0.1) is 0 Å². The third kappa shape index (κ3) is 2.11. The average molecular weight is 353 g/mol. The lowest BCUT2D eigenvalue weighted by Gasteiger charge is -2.19. The summed E-state index contributed by atoms with van der Waals surface area (Å²) in [5.41, 5.74) is 7.19. The fourth-order valence-electron chi connectivity index (χ4n) is 1.69. The largest absolute Gasteiger partial charge is 0.397 e. The smallest absolute Gasteiger partial charge is 0.237 e. The predicted molar refractivity (Wildman–Crippen MR) is 70.9 cm³/mol. The maximum atomic E-state index is 11.4. The first kappa shape index (κ1) is 11.9. The Morgan fingerprint density at radius 2 is 2.31 bits per heavy atom. The van der Waals surface area contributed by atoms with Gasteiger partial charge in [-0.1, -0.05) is 12.2 Å². The van der Waals surface area contributed by atoms with E-state index in [2.05, 4.69) is 8.25 Å². The maximum absolute atomic E-state index is 11.4. The normalized spacial score (nSPS) is 31.8. The van der Waals surface area contributed by atoms with Gasteiger partial charge >= 0.3 is 0 Å². The number of nitrogens with one attached hydrogen (secondary N) is 2. The number of hydrogen-bond acceptors (Lipinski definition) is 4. The molecular weight excluding hydrogens is 341 g/mol. The number of rotatable bonds is 1. The van der Waals surface area contributed by atoms with E-state index in [-0.39, 0.29) is 11.3 Å². The summed E-state index contributed by atoms with van der Waals surface area (Å²) >= 11 is 2.04. The molecule has 0 aromatic rings. The van der Waals surface area contributed by atoms with Crippen molar-refractivity contribution < 1.29 is 8.42 Å². The van der Waals surface area contributed by atoms with Crippen LogP contribution in [-0.2, 0) is 10.0 Å². The number of allylic oxidation sites excluding steroid dienone is 1. The Morgan fingerprint density at radius 1 is 1.62 bits per heavy atom. The summed E-state index contributed by atoms with van der Waals surface area (Å²) in [7, 11) is -3.24. The van der Waals surface area contributed by atoms with Gasteiger partial charge in [-0.15, -0.1) is 0 Å². The standard InChI is InChI=1S/C9H12IN3O2S/c1-9(13-10)3-2-6-5-16(14,15)12-8(6)7(11)4-9/h2-4,12-13H,5,11H2,1H3. The van der Waals surface area contributed by atoms with Crippen molar-refractivity contribution in [1.29, 1.82) is 0 Å². The molecule has 1 atom stereocenters. The average Bonchev–Trinajstić information content (AvgIpc) is 2.46. The first-order valence-electron chi connectivity index (χ1n) is 4.65. The molecule has 88 valence electrons.